The molecule has 0 aromatic heterocycles. The molecule has 0 bridgehead atoms. The van der Waals surface area contributed by atoms with Crippen molar-refractivity contribution >= 4 is 0 Å². The Hall–Kier alpha value is -1.02. The third-order valence-corrected chi connectivity index (χ3v) is 2.55. The molecule has 2 heteroatoms. The lowest BCUT2D eigenvalue weighted by atomic mass is 10.0. The number of hydrogen-bond acceptors (Lipinski definition) is 2. The van der Waals surface area contributed by atoms with E-state index in [2.05, 4.69) is 0 Å². The van der Waals surface area contributed by atoms with E-state index in [0.29, 0.717) is 6.10 Å². The number of ether oxygens (including phenoxy) is 1. The van der Waals surface area contributed by atoms with Crippen molar-refractivity contribution in [3.8, 4) is 5.75 Å². The van der Waals surface area contributed by atoms with Gasteiger partial charge in [0.25, 0.3) is 0 Å². The predicted octanol–water partition coefficient (Wildman–Crippen LogP) is 2.32. The Balaban J connectivity index is 2.01. The van der Waals surface area contributed by atoms with Crippen LogP contribution in [-0.2, 0) is 0 Å². The number of aliphatic hydroxyl groups is 1. The molecule has 1 saturated carbocycles. The highest BCUT2D eigenvalue weighted by Crippen LogP contribution is 2.27. The Bertz CT molecular complexity index is 288. The fourth-order valence-electron chi connectivity index (χ4n) is 1.36. The van der Waals surface area contributed by atoms with Crippen molar-refractivity contribution in [2.24, 2.45) is 0 Å². The molecule has 2 rings (SSSR count). The topological polar surface area (TPSA) is 29.5 Å². The highest BCUT2D eigenvalue weighted by molar-refractivity contribution is 5.29. The molecule has 1 aromatic carbocycles. The zero-order valence-electron chi connectivity index (χ0n) is 8.44. The van der Waals surface area contributed by atoms with Gasteiger partial charge < -0.3 is 9.84 Å². The minimum Gasteiger partial charge on any atom is -0.490 e. The molecule has 1 aliphatic rings. The molecule has 1 N–H and O–H groups in total. The summed E-state index contributed by atoms with van der Waals surface area (Å²) in [7, 11) is 0. The zero-order chi connectivity index (χ0) is 9.97. The maximum Gasteiger partial charge on any atom is 0.119 e. The first kappa shape index (κ1) is 9.53. The van der Waals surface area contributed by atoms with Crippen LogP contribution in [0, 0.1) is 0 Å². The molecule has 0 unspecified atom stereocenters. The van der Waals surface area contributed by atoms with Crippen LogP contribution in [0.15, 0.2) is 24.3 Å². The fourth-order valence-corrected chi connectivity index (χ4v) is 1.36. The van der Waals surface area contributed by atoms with E-state index >= 15 is 0 Å². The third kappa shape index (κ3) is 2.26. The Morgan fingerprint density at radius 3 is 2.50 bits per heavy atom. The summed E-state index contributed by atoms with van der Waals surface area (Å²) in [6.45, 7) is 2.21. The first-order chi connectivity index (χ1) is 6.79. The van der Waals surface area contributed by atoms with E-state index in [4.69, 9.17) is 9.84 Å². The zero-order valence-corrected chi connectivity index (χ0v) is 8.44. The van der Waals surface area contributed by atoms with Crippen LogP contribution in [0.3, 0.4) is 0 Å². The smallest absolute Gasteiger partial charge is 0.119 e. The van der Waals surface area contributed by atoms with Gasteiger partial charge in [0.2, 0.25) is 0 Å². The summed E-state index contributed by atoms with van der Waals surface area (Å²) in [6, 6.07) is 8.02. The molecule has 0 saturated heterocycles. The van der Waals surface area contributed by atoms with E-state index in [1.165, 1.54) is 12.8 Å². The molecule has 0 amide bonds. The van der Waals surface area contributed by atoms with Crippen molar-refractivity contribution in [1.82, 2.24) is 0 Å². The summed E-state index contributed by atoms with van der Waals surface area (Å²) in [5.41, 5.74) is 1.16. The quantitative estimate of drug-likeness (QED) is 0.793. The van der Waals surface area contributed by atoms with E-state index in [-0.39, 0.29) is 12.5 Å². The van der Waals surface area contributed by atoms with Crippen LogP contribution in [0.5, 0.6) is 5.75 Å². The first-order valence-electron chi connectivity index (χ1n) is 5.17. The van der Waals surface area contributed by atoms with Gasteiger partial charge in [0.05, 0.1) is 6.10 Å². The maximum atomic E-state index is 8.98. The predicted molar refractivity (Wildman–Crippen MR) is 55.6 cm³/mol. The van der Waals surface area contributed by atoms with Crippen LogP contribution in [0.4, 0.5) is 0 Å². The molecular formula is C12H16O2. The Labute approximate surface area is 84.5 Å². The van der Waals surface area contributed by atoms with Crippen LogP contribution in [0.2, 0.25) is 0 Å². The van der Waals surface area contributed by atoms with Gasteiger partial charge in [-0.15, -0.1) is 0 Å². The second-order valence-electron chi connectivity index (χ2n) is 3.97. The molecule has 76 valence electrons. The third-order valence-electron chi connectivity index (χ3n) is 2.55. The van der Waals surface area contributed by atoms with Crippen molar-refractivity contribution in [1.29, 1.82) is 0 Å². The van der Waals surface area contributed by atoms with Crippen molar-refractivity contribution in [2.45, 2.75) is 31.8 Å². The van der Waals surface area contributed by atoms with Gasteiger partial charge in [-0.2, -0.15) is 0 Å². The number of rotatable bonds is 4. The number of benzene rings is 1. The lowest BCUT2D eigenvalue weighted by Crippen LogP contribution is -1.99. The number of aliphatic hydroxyl groups excluding tert-OH is 1. The van der Waals surface area contributed by atoms with Gasteiger partial charge in [0.15, 0.2) is 0 Å². The standard InChI is InChI=1S/C12H16O2/c1-9(8-13)10-2-4-11(5-3-10)14-12-6-7-12/h2-5,9,12-13H,6-8H2,1H3/t9-/m1/s1. The normalized spacial score (nSPS) is 17.9. The van der Waals surface area contributed by atoms with Gasteiger partial charge in [0, 0.05) is 12.5 Å². The van der Waals surface area contributed by atoms with Crippen molar-refractivity contribution < 1.29 is 9.84 Å². The van der Waals surface area contributed by atoms with Gasteiger partial charge in [-0.3, -0.25) is 0 Å². The van der Waals surface area contributed by atoms with E-state index < -0.39 is 0 Å². The van der Waals surface area contributed by atoms with E-state index in [1.54, 1.807) is 0 Å². The SMILES string of the molecule is C[C@H](CO)c1ccc(OC2CC2)cc1. The molecule has 0 aliphatic heterocycles. The highest BCUT2D eigenvalue weighted by atomic mass is 16.5. The lowest BCUT2D eigenvalue weighted by molar-refractivity contribution is 0.272. The summed E-state index contributed by atoms with van der Waals surface area (Å²) < 4.78 is 5.63. The lowest BCUT2D eigenvalue weighted by Gasteiger charge is -2.09. The summed E-state index contributed by atoms with van der Waals surface area (Å²) in [5, 5.41) is 8.98. The molecule has 0 spiro atoms. The summed E-state index contributed by atoms with van der Waals surface area (Å²) in [5.74, 6) is 1.16. The van der Waals surface area contributed by atoms with E-state index in [0.717, 1.165) is 11.3 Å². The second-order valence-corrected chi connectivity index (χ2v) is 3.97. The van der Waals surface area contributed by atoms with Crippen LogP contribution < -0.4 is 4.74 Å². The fraction of sp³-hybridized carbons (Fsp3) is 0.500. The molecule has 0 radical (unpaired) electrons. The minimum absolute atomic E-state index is 0.197. The van der Waals surface area contributed by atoms with Crippen molar-refractivity contribution in [2.75, 3.05) is 6.61 Å². The number of hydrogen-bond donors (Lipinski definition) is 1. The van der Waals surface area contributed by atoms with Crippen LogP contribution in [-0.4, -0.2) is 17.8 Å². The largest absolute Gasteiger partial charge is 0.490 e. The Morgan fingerprint density at radius 1 is 1.36 bits per heavy atom. The Morgan fingerprint density at radius 2 is 2.00 bits per heavy atom. The summed E-state index contributed by atoms with van der Waals surface area (Å²) in [4.78, 5) is 0. The first-order valence-corrected chi connectivity index (χ1v) is 5.17. The molecule has 0 heterocycles. The molecule has 1 fully saturated rings. The van der Waals surface area contributed by atoms with Gasteiger partial charge in [-0.05, 0) is 30.5 Å². The average molecular weight is 192 g/mol. The monoisotopic (exact) mass is 192 g/mol. The van der Waals surface area contributed by atoms with Crippen LogP contribution in [0.25, 0.3) is 0 Å². The van der Waals surface area contributed by atoms with E-state index in [1.807, 2.05) is 31.2 Å². The van der Waals surface area contributed by atoms with Crippen LogP contribution >= 0.6 is 0 Å². The van der Waals surface area contributed by atoms with Crippen LogP contribution in [0.1, 0.15) is 31.2 Å². The second kappa shape index (κ2) is 4.01. The minimum atomic E-state index is 0.197. The van der Waals surface area contributed by atoms with E-state index in [9.17, 15) is 0 Å². The maximum absolute atomic E-state index is 8.98. The highest BCUT2D eigenvalue weighted by Gasteiger charge is 2.23. The van der Waals surface area contributed by atoms with Gasteiger partial charge >= 0.3 is 0 Å². The molecule has 1 atom stereocenters. The summed E-state index contributed by atoms with van der Waals surface area (Å²) >= 11 is 0. The summed E-state index contributed by atoms with van der Waals surface area (Å²) in [6.07, 6.45) is 2.83. The van der Waals surface area contributed by atoms with Gasteiger partial charge in [-0.1, -0.05) is 19.1 Å². The molecule has 1 aliphatic carbocycles. The van der Waals surface area contributed by atoms with Gasteiger partial charge in [-0.25, -0.2) is 0 Å². The van der Waals surface area contributed by atoms with Gasteiger partial charge in [0.1, 0.15) is 5.75 Å². The van der Waals surface area contributed by atoms with Crippen molar-refractivity contribution in [3.63, 3.8) is 0 Å². The molecule has 14 heavy (non-hydrogen) atoms. The molecule has 2 nitrogen and oxygen atoms in total. The molecular weight excluding hydrogens is 176 g/mol. The average Bonchev–Trinajstić information content (AvgIpc) is 3.02. The molecule has 1 aromatic rings. The Kier molecular flexibility index (Phi) is 2.73. The van der Waals surface area contributed by atoms with Crippen molar-refractivity contribution in [3.05, 3.63) is 29.8 Å².